The summed E-state index contributed by atoms with van der Waals surface area (Å²) in [5.74, 6) is 0.698. The number of rotatable bonds is 3. The molecule has 1 amide bonds. The third-order valence-electron chi connectivity index (χ3n) is 3.66. The van der Waals surface area contributed by atoms with Crippen molar-refractivity contribution in [3.63, 3.8) is 0 Å². The maximum absolute atomic E-state index is 12.2. The fourth-order valence-corrected chi connectivity index (χ4v) is 3.17. The Kier molecular flexibility index (Phi) is 3.88. The van der Waals surface area contributed by atoms with Crippen molar-refractivity contribution in [2.75, 3.05) is 19.0 Å². The van der Waals surface area contributed by atoms with Gasteiger partial charge in [0.05, 0.1) is 17.3 Å². The largest absolute Gasteiger partial charge is 0.347 e. The van der Waals surface area contributed by atoms with Gasteiger partial charge in [0.1, 0.15) is 0 Å². The molecule has 1 N–H and O–H groups in total. The number of nitrogens with zero attached hydrogens (tertiary/aromatic N) is 3. The van der Waals surface area contributed by atoms with E-state index in [4.69, 9.17) is 0 Å². The highest BCUT2D eigenvalue weighted by molar-refractivity contribution is 7.08. The van der Waals surface area contributed by atoms with Gasteiger partial charge in [0.2, 0.25) is 5.95 Å². The molecule has 0 saturated heterocycles. The summed E-state index contributed by atoms with van der Waals surface area (Å²) in [6, 6.07) is 1.85. The minimum Gasteiger partial charge on any atom is -0.347 e. The SMILES string of the molecule is CN(C)c1ncc2c(n1)CCC[C@H]2NC(=O)c1ccsc1. The van der Waals surface area contributed by atoms with Crippen molar-refractivity contribution >= 4 is 23.2 Å². The van der Waals surface area contributed by atoms with E-state index in [9.17, 15) is 4.79 Å². The summed E-state index contributed by atoms with van der Waals surface area (Å²) in [6.45, 7) is 0. The first-order valence-electron chi connectivity index (χ1n) is 7.01. The number of thiophene rings is 1. The molecule has 3 rings (SSSR count). The quantitative estimate of drug-likeness (QED) is 0.946. The van der Waals surface area contributed by atoms with Gasteiger partial charge >= 0.3 is 0 Å². The fraction of sp³-hybridized carbons (Fsp3) is 0.400. The van der Waals surface area contributed by atoms with Crippen LogP contribution in [0.1, 0.15) is 40.5 Å². The van der Waals surface area contributed by atoms with Crippen LogP contribution in [0.5, 0.6) is 0 Å². The van der Waals surface area contributed by atoms with Gasteiger partial charge in [0.15, 0.2) is 0 Å². The van der Waals surface area contributed by atoms with Crippen molar-refractivity contribution in [1.29, 1.82) is 0 Å². The van der Waals surface area contributed by atoms with E-state index in [1.165, 1.54) is 11.3 Å². The van der Waals surface area contributed by atoms with Gasteiger partial charge in [-0.3, -0.25) is 4.79 Å². The van der Waals surface area contributed by atoms with Crippen molar-refractivity contribution in [2.24, 2.45) is 0 Å². The van der Waals surface area contributed by atoms with Crippen LogP contribution in [0.2, 0.25) is 0 Å². The monoisotopic (exact) mass is 302 g/mol. The lowest BCUT2D eigenvalue weighted by molar-refractivity contribution is 0.0933. The topological polar surface area (TPSA) is 58.1 Å². The third kappa shape index (κ3) is 2.90. The standard InChI is InChI=1S/C15H18N4OS/c1-19(2)15-16-8-11-12(4-3-5-13(11)18-15)17-14(20)10-6-7-21-9-10/h6-9,12H,3-5H2,1-2H3,(H,17,20)/t12-/m1/s1. The van der Waals surface area contributed by atoms with Crippen LogP contribution in [0.3, 0.4) is 0 Å². The van der Waals surface area contributed by atoms with E-state index in [-0.39, 0.29) is 11.9 Å². The second-order valence-corrected chi connectivity index (χ2v) is 6.18. The van der Waals surface area contributed by atoms with Crippen LogP contribution in [0.4, 0.5) is 5.95 Å². The highest BCUT2D eigenvalue weighted by atomic mass is 32.1. The molecule has 0 bridgehead atoms. The maximum atomic E-state index is 12.2. The molecule has 0 aromatic carbocycles. The van der Waals surface area contributed by atoms with Crippen molar-refractivity contribution in [2.45, 2.75) is 25.3 Å². The average Bonchev–Trinajstić information content (AvgIpc) is 3.01. The Balaban J connectivity index is 1.82. The summed E-state index contributed by atoms with van der Waals surface area (Å²) < 4.78 is 0. The first kappa shape index (κ1) is 14.0. The van der Waals surface area contributed by atoms with Crippen LogP contribution < -0.4 is 10.2 Å². The van der Waals surface area contributed by atoms with Gasteiger partial charge in [0, 0.05) is 31.2 Å². The van der Waals surface area contributed by atoms with E-state index in [1.54, 1.807) is 0 Å². The number of hydrogen-bond acceptors (Lipinski definition) is 5. The molecule has 0 saturated carbocycles. The lowest BCUT2D eigenvalue weighted by atomic mass is 9.92. The van der Waals surface area contributed by atoms with Crippen molar-refractivity contribution < 1.29 is 4.79 Å². The molecule has 2 aromatic heterocycles. The molecule has 0 unspecified atom stereocenters. The summed E-state index contributed by atoms with van der Waals surface area (Å²) in [5, 5.41) is 6.88. The van der Waals surface area contributed by atoms with Crippen molar-refractivity contribution in [1.82, 2.24) is 15.3 Å². The van der Waals surface area contributed by atoms with Crippen LogP contribution >= 0.6 is 11.3 Å². The lowest BCUT2D eigenvalue weighted by Gasteiger charge is -2.26. The zero-order valence-electron chi connectivity index (χ0n) is 12.2. The number of carbonyl (C=O) groups is 1. The number of amides is 1. The summed E-state index contributed by atoms with van der Waals surface area (Å²) in [4.78, 5) is 23.1. The molecule has 1 aliphatic rings. The third-order valence-corrected chi connectivity index (χ3v) is 4.34. The summed E-state index contributed by atoms with van der Waals surface area (Å²) in [5.41, 5.74) is 2.82. The molecule has 2 aromatic rings. The minimum atomic E-state index is -0.0224. The highest BCUT2D eigenvalue weighted by Gasteiger charge is 2.24. The van der Waals surface area contributed by atoms with Gasteiger partial charge in [0.25, 0.3) is 5.91 Å². The molecule has 2 heterocycles. The molecular weight excluding hydrogens is 284 g/mol. The molecule has 0 spiro atoms. The Morgan fingerprint density at radius 3 is 3.05 bits per heavy atom. The average molecular weight is 302 g/mol. The number of carbonyl (C=O) groups excluding carboxylic acids is 1. The highest BCUT2D eigenvalue weighted by Crippen LogP contribution is 2.29. The second-order valence-electron chi connectivity index (χ2n) is 5.40. The van der Waals surface area contributed by atoms with Gasteiger partial charge in [-0.1, -0.05) is 0 Å². The van der Waals surface area contributed by atoms with E-state index >= 15 is 0 Å². The molecule has 0 aliphatic heterocycles. The van der Waals surface area contributed by atoms with Crippen LogP contribution in [-0.2, 0) is 6.42 Å². The number of hydrogen-bond donors (Lipinski definition) is 1. The molecule has 0 fully saturated rings. The van der Waals surface area contributed by atoms with Crippen LogP contribution in [0, 0.1) is 0 Å². The summed E-state index contributed by atoms with van der Waals surface area (Å²) in [6.07, 6.45) is 4.78. The van der Waals surface area contributed by atoms with Crippen molar-refractivity contribution in [3.8, 4) is 0 Å². The summed E-state index contributed by atoms with van der Waals surface area (Å²) in [7, 11) is 3.86. The van der Waals surface area contributed by atoms with E-state index in [2.05, 4.69) is 15.3 Å². The van der Waals surface area contributed by atoms with E-state index in [1.807, 2.05) is 42.0 Å². The van der Waals surface area contributed by atoms with E-state index < -0.39 is 0 Å². The van der Waals surface area contributed by atoms with Crippen LogP contribution in [0.25, 0.3) is 0 Å². The first-order chi connectivity index (χ1) is 10.1. The molecule has 21 heavy (non-hydrogen) atoms. The smallest absolute Gasteiger partial charge is 0.252 e. The normalized spacial score (nSPS) is 17.1. The number of anilines is 1. The van der Waals surface area contributed by atoms with Gasteiger partial charge in [-0.15, -0.1) is 0 Å². The molecule has 6 heteroatoms. The Bertz CT molecular complexity index is 639. The zero-order valence-corrected chi connectivity index (χ0v) is 13.0. The van der Waals surface area contributed by atoms with Crippen LogP contribution in [0.15, 0.2) is 23.0 Å². The number of aryl methyl sites for hydroxylation is 1. The van der Waals surface area contributed by atoms with E-state index in [0.717, 1.165) is 42.0 Å². The number of fused-ring (bicyclic) bond motifs is 1. The minimum absolute atomic E-state index is 0.0114. The van der Waals surface area contributed by atoms with Crippen LogP contribution in [-0.4, -0.2) is 30.0 Å². The Hall–Kier alpha value is -1.95. The van der Waals surface area contributed by atoms with Gasteiger partial charge in [-0.25, -0.2) is 9.97 Å². The lowest BCUT2D eigenvalue weighted by Crippen LogP contribution is -2.31. The molecule has 110 valence electrons. The van der Waals surface area contributed by atoms with Gasteiger partial charge in [-0.2, -0.15) is 11.3 Å². The van der Waals surface area contributed by atoms with Crippen molar-refractivity contribution in [3.05, 3.63) is 39.8 Å². The van der Waals surface area contributed by atoms with Gasteiger partial charge < -0.3 is 10.2 Å². The number of aromatic nitrogens is 2. The second kappa shape index (κ2) is 5.81. The first-order valence-corrected chi connectivity index (χ1v) is 7.95. The Labute approximate surface area is 128 Å². The Morgan fingerprint density at radius 2 is 2.33 bits per heavy atom. The Morgan fingerprint density at radius 1 is 1.48 bits per heavy atom. The molecule has 0 radical (unpaired) electrons. The molecular formula is C15H18N4OS. The number of nitrogens with one attached hydrogen (secondary N) is 1. The maximum Gasteiger partial charge on any atom is 0.252 e. The van der Waals surface area contributed by atoms with Gasteiger partial charge in [-0.05, 0) is 30.7 Å². The molecule has 1 atom stereocenters. The summed E-state index contributed by atoms with van der Waals surface area (Å²) >= 11 is 1.53. The molecule has 1 aliphatic carbocycles. The fourth-order valence-electron chi connectivity index (χ4n) is 2.54. The molecule has 5 nitrogen and oxygen atoms in total. The predicted molar refractivity (Wildman–Crippen MR) is 83.8 cm³/mol. The van der Waals surface area contributed by atoms with E-state index in [0.29, 0.717) is 0 Å². The zero-order chi connectivity index (χ0) is 14.8. The predicted octanol–water partition coefficient (Wildman–Crippen LogP) is 2.41.